The summed E-state index contributed by atoms with van der Waals surface area (Å²) in [4.78, 5) is 23.4. The molecular weight excluding hydrogens is 346 g/mol. The van der Waals surface area contributed by atoms with Crippen molar-refractivity contribution in [2.24, 2.45) is 0 Å². The number of nitrogens with one attached hydrogen (secondary N) is 1. The lowest BCUT2D eigenvalue weighted by molar-refractivity contribution is -0.143. The molecule has 25 heavy (non-hydrogen) atoms. The number of benzene rings is 1. The van der Waals surface area contributed by atoms with Crippen LogP contribution < -0.4 is 4.74 Å². The topological polar surface area (TPSA) is 103 Å². The second kappa shape index (κ2) is 9.67. The van der Waals surface area contributed by atoms with E-state index in [1.807, 2.05) is 0 Å². The minimum absolute atomic E-state index is 0.127. The van der Waals surface area contributed by atoms with Crippen molar-refractivity contribution in [2.45, 2.75) is 24.1 Å². The smallest absolute Gasteiger partial charge is 0.338 e. The fourth-order valence-electron chi connectivity index (χ4n) is 1.80. The number of aromatic amines is 1. The highest BCUT2D eigenvalue weighted by Gasteiger charge is 2.17. The summed E-state index contributed by atoms with van der Waals surface area (Å²) in [5.74, 6) is -0.148. The van der Waals surface area contributed by atoms with Crippen molar-refractivity contribution in [1.29, 1.82) is 0 Å². The first-order valence-corrected chi connectivity index (χ1v) is 8.57. The van der Waals surface area contributed by atoms with Gasteiger partial charge in [0.05, 0.1) is 18.4 Å². The highest BCUT2D eigenvalue weighted by atomic mass is 32.2. The molecule has 1 N–H and O–H groups in total. The van der Waals surface area contributed by atoms with E-state index in [1.54, 1.807) is 38.1 Å². The number of esters is 2. The Kier molecular flexibility index (Phi) is 7.27. The van der Waals surface area contributed by atoms with Gasteiger partial charge in [0.25, 0.3) is 0 Å². The molecule has 1 aromatic carbocycles. The first kappa shape index (κ1) is 18.8. The minimum atomic E-state index is -0.394. The molecule has 134 valence electrons. The fourth-order valence-corrected chi connectivity index (χ4v) is 2.53. The third-order valence-electron chi connectivity index (χ3n) is 2.98. The van der Waals surface area contributed by atoms with Gasteiger partial charge in [0.1, 0.15) is 29.2 Å². The van der Waals surface area contributed by atoms with Crippen molar-refractivity contribution >= 4 is 23.7 Å². The molecule has 0 saturated heterocycles. The summed E-state index contributed by atoms with van der Waals surface area (Å²) in [5, 5.41) is 10.3. The number of carbonyl (C=O) groups excluding carboxylic acids is 2. The molecule has 1 unspecified atom stereocenters. The highest BCUT2D eigenvalue weighted by Crippen LogP contribution is 2.20. The molecule has 0 aliphatic heterocycles. The maximum atomic E-state index is 11.9. The monoisotopic (exact) mass is 365 g/mol. The molecule has 2 aromatic rings. The lowest BCUT2D eigenvalue weighted by atomic mass is 10.2. The predicted molar refractivity (Wildman–Crippen MR) is 90.6 cm³/mol. The number of aromatic nitrogens is 3. The summed E-state index contributed by atoms with van der Waals surface area (Å²) in [6.07, 6.45) is 1.54. The Labute approximate surface area is 149 Å². The van der Waals surface area contributed by atoms with Crippen molar-refractivity contribution < 1.29 is 23.8 Å². The van der Waals surface area contributed by atoms with Gasteiger partial charge in [-0.2, -0.15) is 10.3 Å². The first-order chi connectivity index (χ1) is 12.1. The van der Waals surface area contributed by atoms with Gasteiger partial charge in [-0.3, -0.25) is 4.79 Å². The number of H-pyrrole nitrogens is 1. The number of carbonyl (C=O) groups is 2. The molecule has 0 amide bonds. The maximum absolute atomic E-state index is 11.9. The molecule has 8 nitrogen and oxygen atoms in total. The summed E-state index contributed by atoms with van der Waals surface area (Å²) in [6, 6.07) is 6.57. The van der Waals surface area contributed by atoms with E-state index in [0.29, 0.717) is 22.9 Å². The lowest BCUT2D eigenvalue weighted by Crippen LogP contribution is -2.20. The summed E-state index contributed by atoms with van der Waals surface area (Å²) in [5.41, 5.74) is 0.458. The summed E-state index contributed by atoms with van der Waals surface area (Å²) < 4.78 is 15.5. The van der Waals surface area contributed by atoms with Gasteiger partial charge in [-0.1, -0.05) is 11.8 Å². The fraction of sp³-hybridized carbons (Fsp3) is 0.375. The number of hydrogen-bond acceptors (Lipinski definition) is 8. The molecule has 0 aliphatic carbocycles. The number of rotatable bonds is 9. The largest absolute Gasteiger partial charge is 0.490 e. The van der Waals surface area contributed by atoms with Crippen LogP contribution in [0.4, 0.5) is 0 Å². The van der Waals surface area contributed by atoms with Crippen molar-refractivity contribution in [3.05, 3.63) is 36.0 Å². The average Bonchev–Trinajstić information content (AvgIpc) is 3.12. The van der Waals surface area contributed by atoms with Crippen LogP contribution in [0.2, 0.25) is 0 Å². The van der Waals surface area contributed by atoms with Crippen LogP contribution in [0.1, 0.15) is 24.2 Å². The molecule has 1 aromatic heterocycles. The molecule has 1 heterocycles. The number of hydrogen-bond donors (Lipinski definition) is 1. The molecule has 0 bridgehead atoms. The number of ether oxygens (including phenoxy) is 3. The van der Waals surface area contributed by atoms with Crippen molar-refractivity contribution in [3.63, 3.8) is 0 Å². The Morgan fingerprint density at radius 3 is 2.60 bits per heavy atom. The maximum Gasteiger partial charge on any atom is 0.338 e. The molecular formula is C16H19N3O5S. The number of nitrogens with zero attached hydrogens (tertiary/aromatic N) is 2. The molecule has 0 radical (unpaired) electrons. The van der Waals surface area contributed by atoms with Crippen LogP contribution in [-0.2, 0) is 14.3 Å². The van der Waals surface area contributed by atoms with Crippen LogP contribution in [0.15, 0.2) is 35.5 Å². The number of thioether (sulfide) groups is 1. The zero-order valence-electron chi connectivity index (χ0n) is 13.9. The van der Waals surface area contributed by atoms with Crippen LogP contribution in [0, 0.1) is 0 Å². The Bertz CT molecular complexity index is 676. The summed E-state index contributed by atoms with van der Waals surface area (Å²) >= 11 is 1.26. The van der Waals surface area contributed by atoms with Crippen molar-refractivity contribution in [2.75, 3.05) is 19.8 Å². The Balaban J connectivity index is 1.68. The van der Waals surface area contributed by atoms with E-state index in [-0.39, 0.29) is 25.2 Å². The van der Waals surface area contributed by atoms with Crippen LogP contribution in [0.3, 0.4) is 0 Å². The second-order valence-corrected chi connectivity index (χ2v) is 6.19. The molecule has 0 aliphatic rings. The van der Waals surface area contributed by atoms with E-state index in [1.165, 1.54) is 18.0 Å². The zero-order valence-corrected chi connectivity index (χ0v) is 14.7. The van der Waals surface area contributed by atoms with Crippen LogP contribution >= 0.6 is 11.8 Å². The average molecular weight is 365 g/mol. The Morgan fingerprint density at radius 2 is 1.96 bits per heavy atom. The third kappa shape index (κ3) is 6.11. The van der Waals surface area contributed by atoms with Gasteiger partial charge in [0.15, 0.2) is 0 Å². The molecule has 2 rings (SSSR count). The molecule has 9 heteroatoms. The second-order valence-electron chi connectivity index (χ2n) is 4.83. The predicted octanol–water partition coefficient (Wildman–Crippen LogP) is 2.08. The quantitative estimate of drug-likeness (QED) is 0.409. The minimum Gasteiger partial charge on any atom is -0.490 e. The highest BCUT2D eigenvalue weighted by molar-refractivity contribution is 8.00. The molecule has 1 atom stereocenters. The molecule has 0 spiro atoms. The Hall–Kier alpha value is -2.55. The summed E-state index contributed by atoms with van der Waals surface area (Å²) in [6.45, 7) is 4.15. The summed E-state index contributed by atoms with van der Waals surface area (Å²) in [7, 11) is 0. The lowest BCUT2D eigenvalue weighted by Gasteiger charge is -2.11. The Morgan fingerprint density at radius 1 is 1.20 bits per heavy atom. The molecule has 0 fully saturated rings. The van der Waals surface area contributed by atoms with Gasteiger partial charge in [-0.15, -0.1) is 5.10 Å². The van der Waals surface area contributed by atoms with Crippen molar-refractivity contribution in [3.8, 4) is 5.75 Å². The van der Waals surface area contributed by atoms with E-state index >= 15 is 0 Å². The third-order valence-corrected chi connectivity index (χ3v) is 3.97. The van der Waals surface area contributed by atoms with E-state index in [4.69, 9.17) is 14.2 Å². The van der Waals surface area contributed by atoms with E-state index in [0.717, 1.165) is 0 Å². The SMILES string of the molecule is CCOC(=O)c1ccc(OCCOC(=O)C(C)Sc2cn[nH]n2)cc1. The first-order valence-electron chi connectivity index (χ1n) is 7.69. The zero-order chi connectivity index (χ0) is 18.1. The van der Waals surface area contributed by atoms with Gasteiger partial charge in [0, 0.05) is 0 Å². The van der Waals surface area contributed by atoms with E-state index in [9.17, 15) is 9.59 Å². The van der Waals surface area contributed by atoms with Gasteiger partial charge >= 0.3 is 11.9 Å². The van der Waals surface area contributed by atoms with Gasteiger partial charge in [-0.25, -0.2) is 4.79 Å². The van der Waals surface area contributed by atoms with Crippen LogP contribution in [0.25, 0.3) is 0 Å². The van der Waals surface area contributed by atoms with E-state index in [2.05, 4.69) is 15.4 Å². The molecule has 0 saturated carbocycles. The van der Waals surface area contributed by atoms with Gasteiger partial charge < -0.3 is 14.2 Å². The van der Waals surface area contributed by atoms with Crippen LogP contribution in [-0.4, -0.2) is 52.4 Å². The van der Waals surface area contributed by atoms with Gasteiger partial charge in [-0.05, 0) is 38.1 Å². The van der Waals surface area contributed by atoms with Crippen LogP contribution in [0.5, 0.6) is 5.75 Å². The normalized spacial score (nSPS) is 11.6. The van der Waals surface area contributed by atoms with Crippen molar-refractivity contribution in [1.82, 2.24) is 15.4 Å². The van der Waals surface area contributed by atoms with E-state index < -0.39 is 5.25 Å². The van der Waals surface area contributed by atoms with Gasteiger partial charge in [0.2, 0.25) is 0 Å². The standard InChI is InChI=1S/C16H19N3O5S/c1-3-22-16(21)12-4-6-13(7-5-12)23-8-9-24-15(20)11(2)25-14-10-17-19-18-14/h4-7,10-11H,3,8-9H2,1-2H3,(H,17,18,19).